The number of carboxylic acids is 1. The van der Waals surface area contributed by atoms with Gasteiger partial charge in [-0.15, -0.1) is 0 Å². The van der Waals surface area contributed by atoms with E-state index in [4.69, 9.17) is 9.84 Å². The van der Waals surface area contributed by atoms with Crippen LogP contribution < -0.4 is 4.74 Å². The number of carbonyl (C=O) groups is 2. The van der Waals surface area contributed by atoms with Gasteiger partial charge in [0.25, 0.3) is 5.91 Å². The van der Waals surface area contributed by atoms with Gasteiger partial charge in [-0.05, 0) is 55.5 Å². The van der Waals surface area contributed by atoms with Crippen molar-refractivity contribution < 1.29 is 19.4 Å². The minimum Gasteiger partial charge on any atom is -0.481 e. The molecular formula is C21H23NO4. The summed E-state index contributed by atoms with van der Waals surface area (Å²) >= 11 is 0. The third kappa shape index (κ3) is 4.85. The third-order valence-electron chi connectivity index (χ3n) is 4.63. The SMILES string of the molecule is O=C(O)CCC1CCCN(C(=O)c2cccc(Oc3ccccc3)c2)C1. The van der Waals surface area contributed by atoms with Gasteiger partial charge >= 0.3 is 5.97 Å². The van der Waals surface area contributed by atoms with Gasteiger partial charge in [-0.2, -0.15) is 0 Å². The molecule has 0 spiro atoms. The summed E-state index contributed by atoms with van der Waals surface area (Å²) in [6, 6.07) is 16.7. The lowest BCUT2D eigenvalue weighted by Gasteiger charge is -2.32. The summed E-state index contributed by atoms with van der Waals surface area (Å²) in [5.74, 6) is 0.806. The number of hydrogen-bond acceptors (Lipinski definition) is 3. The number of benzene rings is 2. The Kier molecular flexibility index (Phi) is 5.89. The van der Waals surface area contributed by atoms with Gasteiger partial charge in [0.15, 0.2) is 0 Å². The van der Waals surface area contributed by atoms with E-state index in [-0.39, 0.29) is 18.2 Å². The van der Waals surface area contributed by atoms with Gasteiger partial charge in [0, 0.05) is 25.1 Å². The lowest BCUT2D eigenvalue weighted by molar-refractivity contribution is -0.137. The van der Waals surface area contributed by atoms with Crippen LogP contribution in [0.3, 0.4) is 0 Å². The minimum atomic E-state index is -0.779. The number of nitrogens with zero attached hydrogens (tertiary/aromatic N) is 1. The molecule has 2 aromatic rings. The summed E-state index contributed by atoms with van der Waals surface area (Å²) in [7, 11) is 0. The molecule has 0 radical (unpaired) electrons. The predicted molar refractivity (Wildman–Crippen MR) is 98.5 cm³/mol. The first kappa shape index (κ1) is 18.0. The van der Waals surface area contributed by atoms with E-state index in [1.165, 1.54) is 0 Å². The number of ether oxygens (including phenoxy) is 1. The van der Waals surface area contributed by atoms with Gasteiger partial charge < -0.3 is 14.7 Å². The molecule has 3 rings (SSSR count). The topological polar surface area (TPSA) is 66.8 Å². The molecule has 0 bridgehead atoms. The molecule has 2 aromatic carbocycles. The maximum absolute atomic E-state index is 12.8. The molecule has 1 unspecified atom stereocenters. The molecule has 1 atom stereocenters. The Morgan fingerprint density at radius 1 is 1.08 bits per heavy atom. The van der Waals surface area contributed by atoms with Crippen LogP contribution in [0.5, 0.6) is 11.5 Å². The van der Waals surface area contributed by atoms with Crippen LogP contribution in [0.4, 0.5) is 0 Å². The van der Waals surface area contributed by atoms with E-state index in [1.54, 1.807) is 12.1 Å². The zero-order valence-corrected chi connectivity index (χ0v) is 14.6. The second kappa shape index (κ2) is 8.52. The Morgan fingerprint density at radius 3 is 2.62 bits per heavy atom. The Morgan fingerprint density at radius 2 is 1.85 bits per heavy atom. The van der Waals surface area contributed by atoms with Crippen LogP contribution in [0.2, 0.25) is 0 Å². The van der Waals surface area contributed by atoms with E-state index in [0.717, 1.165) is 18.6 Å². The van der Waals surface area contributed by atoms with Gasteiger partial charge in [0.05, 0.1) is 0 Å². The van der Waals surface area contributed by atoms with E-state index in [1.807, 2.05) is 47.4 Å². The van der Waals surface area contributed by atoms with Crippen LogP contribution >= 0.6 is 0 Å². The Balaban J connectivity index is 1.65. The molecule has 5 nitrogen and oxygen atoms in total. The summed E-state index contributed by atoms with van der Waals surface area (Å²) in [6.45, 7) is 1.34. The highest BCUT2D eigenvalue weighted by molar-refractivity contribution is 5.94. The van der Waals surface area contributed by atoms with E-state index in [9.17, 15) is 9.59 Å². The Labute approximate surface area is 153 Å². The molecule has 1 aliphatic heterocycles. The fourth-order valence-corrected chi connectivity index (χ4v) is 3.31. The zero-order chi connectivity index (χ0) is 18.4. The van der Waals surface area contributed by atoms with Crippen LogP contribution in [-0.4, -0.2) is 35.0 Å². The number of carbonyl (C=O) groups excluding carboxylic acids is 1. The normalized spacial score (nSPS) is 16.9. The summed E-state index contributed by atoms with van der Waals surface area (Å²) < 4.78 is 5.81. The summed E-state index contributed by atoms with van der Waals surface area (Å²) in [4.78, 5) is 25.4. The van der Waals surface area contributed by atoms with Gasteiger partial charge in [-0.3, -0.25) is 9.59 Å². The van der Waals surface area contributed by atoms with Gasteiger partial charge in [-0.1, -0.05) is 24.3 Å². The van der Waals surface area contributed by atoms with Crippen LogP contribution in [0.1, 0.15) is 36.0 Å². The maximum Gasteiger partial charge on any atom is 0.303 e. The number of piperidine rings is 1. The molecule has 1 amide bonds. The molecule has 1 N–H and O–H groups in total. The van der Waals surface area contributed by atoms with Gasteiger partial charge in [0.2, 0.25) is 0 Å². The predicted octanol–water partition coefficient (Wildman–Crippen LogP) is 4.20. The molecule has 1 saturated heterocycles. The van der Waals surface area contributed by atoms with Crippen molar-refractivity contribution in [3.63, 3.8) is 0 Å². The molecular weight excluding hydrogens is 330 g/mol. The summed E-state index contributed by atoms with van der Waals surface area (Å²) in [5, 5.41) is 8.85. The van der Waals surface area contributed by atoms with Crippen molar-refractivity contribution in [1.29, 1.82) is 0 Å². The van der Waals surface area contributed by atoms with Crippen LogP contribution in [0.25, 0.3) is 0 Å². The fourth-order valence-electron chi connectivity index (χ4n) is 3.31. The van der Waals surface area contributed by atoms with Crippen molar-refractivity contribution in [2.75, 3.05) is 13.1 Å². The molecule has 1 fully saturated rings. The highest BCUT2D eigenvalue weighted by Crippen LogP contribution is 2.25. The number of hydrogen-bond donors (Lipinski definition) is 1. The lowest BCUT2D eigenvalue weighted by Crippen LogP contribution is -2.40. The first-order valence-electron chi connectivity index (χ1n) is 8.96. The molecule has 1 heterocycles. The number of aliphatic carboxylic acids is 1. The average molecular weight is 353 g/mol. The lowest BCUT2D eigenvalue weighted by atomic mass is 9.93. The van der Waals surface area contributed by atoms with E-state index in [2.05, 4.69) is 0 Å². The van der Waals surface area contributed by atoms with Crippen LogP contribution in [-0.2, 0) is 4.79 Å². The Bertz CT molecular complexity index is 760. The van der Waals surface area contributed by atoms with Crippen LogP contribution in [0, 0.1) is 5.92 Å². The molecule has 0 aliphatic carbocycles. The zero-order valence-electron chi connectivity index (χ0n) is 14.6. The minimum absolute atomic E-state index is 0.0245. The summed E-state index contributed by atoms with van der Waals surface area (Å²) in [6.07, 6.45) is 2.67. The van der Waals surface area contributed by atoms with Gasteiger partial charge in [-0.25, -0.2) is 0 Å². The second-order valence-corrected chi connectivity index (χ2v) is 6.63. The number of likely N-dealkylation sites (tertiary alicyclic amines) is 1. The molecule has 0 aromatic heterocycles. The Hall–Kier alpha value is -2.82. The standard InChI is InChI=1S/C21H23NO4/c23-20(24)12-11-16-6-5-13-22(15-16)21(25)17-7-4-10-19(14-17)26-18-8-2-1-3-9-18/h1-4,7-10,14,16H,5-6,11-13,15H2,(H,23,24). The van der Waals surface area contributed by atoms with Crippen molar-refractivity contribution in [3.8, 4) is 11.5 Å². The van der Waals surface area contributed by atoms with Crippen LogP contribution in [0.15, 0.2) is 54.6 Å². The second-order valence-electron chi connectivity index (χ2n) is 6.63. The van der Waals surface area contributed by atoms with Gasteiger partial charge in [0.1, 0.15) is 11.5 Å². The molecule has 26 heavy (non-hydrogen) atoms. The molecule has 136 valence electrons. The van der Waals surface area contributed by atoms with E-state index < -0.39 is 5.97 Å². The number of carboxylic acid groups (broad SMARTS) is 1. The number of para-hydroxylation sites is 1. The fraction of sp³-hybridized carbons (Fsp3) is 0.333. The van der Waals surface area contributed by atoms with Crippen molar-refractivity contribution in [1.82, 2.24) is 4.90 Å². The van der Waals surface area contributed by atoms with Crippen molar-refractivity contribution >= 4 is 11.9 Å². The van der Waals surface area contributed by atoms with Crippen molar-refractivity contribution in [2.24, 2.45) is 5.92 Å². The third-order valence-corrected chi connectivity index (χ3v) is 4.63. The molecule has 0 saturated carbocycles. The average Bonchev–Trinajstić information content (AvgIpc) is 2.67. The molecule has 5 heteroatoms. The number of rotatable bonds is 6. The largest absolute Gasteiger partial charge is 0.481 e. The van der Waals surface area contributed by atoms with E-state index in [0.29, 0.717) is 30.8 Å². The quantitative estimate of drug-likeness (QED) is 0.845. The summed E-state index contributed by atoms with van der Waals surface area (Å²) in [5.41, 5.74) is 0.595. The van der Waals surface area contributed by atoms with Crippen molar-refractivity contribution in [2.45, 2.75) is 25.7 Å². The number of amides is 1. The highest BCUT2D eigenvalue weighted by atomic mass is 16.5. The maximum atomic E-state index is 12.8. The smallest absolute Gasteiger partial charge is 0.303 e. The highest BCUT2D eigenvalue weighted by Gasteiger charge is 2.25. The van der Waals surface area contributed by atoms with E-state index >= 15 is 0 Å². The first-order chi connectivity index (χ1) is 12.6. The van der Waals surface area contributed by atoms with Crippen molar-refractivity contribution in [3.05, 3.63) is 60.2 Å². The molecule has 1 aliphatic rings. The first-order valence-corrected chi connectivity index (χ1v) is 8.96. The monoisotopic (exact) mass is 353 g/mol.